The van der Waals surface area contributed by atoms with E-state index in [1.807, 2.05) is 6.07 Å². The Morgan fingerprint density at radius 2 is 2.33 bits per heavy atom. The summed E-state index contributed by atoms with van der Waals surface area (Å²) in [4.78, 5) is 9.52. The predicted octanol–water partition coefficient (Wildman–Crippen LogP) is 1.64. The SMILES string of the molecule is N#Cc1c[nH]c2nccc(N3CCC3)c12. The van der Waals surface area contributed by atoms with Crippen LogP contribution in [-0.2, 0) is 0 Å². The molecular weight excluding hydrogens is 188 g/mol. The third-order valence-corrected chi connectivity index (χ3v) is 2.87. The van der Waals surface area contributed by atoms with E-state index in [9.17, 15) is 0 Å². The molecule has 1 saturated heterocycles. The number of anilines is 1. The highest BCUT2D eigenvalue weighted by atomic mass is 15.2. The average molecular weight is 198 g/mol. The van der Waals surface area contributed by atoms with E-state index in [0.717, 1.165) is 29.8 Å². The molecule has 15 heavy (non-hydrogen) atoms. The summed E-state index contributed by atoms with van der Waals surface area (Å²) in [6.45, 7) is 2.16. The molecule has 3 rings (SSSR count). The highest BCUT2D eigenvalue weighted by Gasteiger charge is 2.19. The monoisotopic (exact) mass is 198 g/mol. The van der Waals surface area contributed by atoms with Gasteiger partial charge < -0.3 is 9.88 Å². The predicted molar refractivity (Wildman–Crippen MR) is 57.6 cm³/mol. The second-order valence-corrected chi connectivity index (χ2v) is 3.71. The molecule has 74 valence electrons. The molecule has 1 N–H and O–H groups in total. The molecule has 1 fully saturated rings. The molecule has 0 saturated carbocycles. The number of rotatable bonds is 1. The van der Waals surface area contributed by atoms with Gasteiger partial charge >= 0.3 is 0 Å². The molecular formula is C11H10N4. The first-order chi connectivity index (χ1) is 7.40. The van der Waals surface area contributed by atoms with Crippen LogP contribution in [0.3, 0.4) is 0 Å². The van der Waals surface area contributed by atoms with Crippen molar-refractivity contribution in [1.82, 2.24) is 9.97 Å². The van der Waals surface area contributed by atoms with E-state index in [-0.39, 0.29) is 0 Å². The van der Waals surface area contributed by atoms with E-state index in [1.165, 1.54) is 6.42 Å². The lowest BCUT2D eigenvalue weighted by Gasteiger charge is -2.33. The largest absolute Gasteiger partial charge is 0.371 e. The van der Waals surface area contributed by atoms with Crippen LogP contribution < -0.4 is 4.90 Å². The molecule has 4 heteroatoms. The zero-order valence-corrected chi connectivity index (χ0v) is 8.20. The van der Waals surface area contributed by atoms with Crippen molar-refractivity contribution in [3.8, 4) is 6.07 Å². The summed E-state index contributed by atoms with van der Waals surface area (Å²) in [5, 5.41) is 9.96. The smallest absolute Gasteiger partial charge is 0.140 e. The van der Waals surface area contributed by atoms with Crippen molar-refractivity contribution in [3.05, 3.63) is 24.0 Å². The van der Waals surface area contributed by atoms with Crippen molar-refractivity contribution < 1.29 is 0 Å². The molecule has 0 atom stereocenters. The highest BCUT2D eigenvalue weighted by molar-refractivity contribution is 5.95. The summed E-state index contributed by atoms with van der Waals surface area (Å²) in [7, 11) is 0. The van der Waals surface area contributed by atoms with Gasteiger partial charge in [0.1, 0.15) is 11.7 Å². The molecule has 1 aliphatic rings. The van der Waals surface area contributed by atoms with Crippen molar-refractivity contribution in [1.29, 1.82) is 5.26 Å². The Morgan fingerprint density at radius 1 is 1.47 bits per heavy atom. The van der Waals surface area contributed by atoms with Gasteiger partial charge in [-0.15, -0.1) is 0 Å². The topological polar surface area (TPSA) is 55.7 Å². The molecule has 0 bridgehead atoms. The molecule has 0 amide bonds. The summed E-state index contributed by atoms with van der Waals surface area (Å²) in [5.74, 6) is 0. The van der Waals surface area contributed by atoms with Crippen LogP contribution >= 0.6 is 0 Å². The number of nitrogens with zero attached hydrogens (tertiary/aromatic N) is 3. The second-order valence-electron chi connectivity index (χ2n) is 3.71. The van der Waals surface area contributed by atoms with E-state index in [1.54, 1.807) is 12.4 Å². The van der Waals surface area contributed by atoms with Crippen LogP contribution in [0.25, 0.3) is 11.0 Å². The minimum absolute atomic E-state index is 0.681. The standard InChI is InChI=1S/C11H10N4/c12-6-8-7-14-11-10(8)9(2-3-13-11)15-4-1-5-15/h2-3,7H,1,4-5H2,(H,13,14). The maximum absolute atomic E-state index is 9.01. The van der Waals surface area contributed by atoms with Crippen LogP contribution in [0.15, 0.2) is 18.5 Å². The van der Waals surface area contributed by atoms with E-state index < -0.39 is 0 Å². The third kappa shape index (κ3) is 1.10. The Bertz CT molecular complexity index is 545. The minimum atomic E-state index is 0.681. The highest BCUT2D eigenvalue weighted by Crippen LogP contribution is 2.30. The van der Waals surface area contributed by atoms with Gasteiger partial charge in [-0.1, -0.05) is 0 Å². The Kier molecular flexibility index (Phi) is 1.65. The summed E-state index contributed by atoms with van der Waals surface area (Å²) >= 11 is 0. The van der Waals surface area contributed by atoms with Gasteiger partial charge in [0.25, 0.3) is 0 Å². The number of hydrogen-bond donors (Lipinski definition) is 1. The molecule has 2 aromatic rings. The second kappa shape index (κ2) is 2.99. The van der Waals surface area contributed by atoms with Crippen LogP contribution in [0.4, 0.5) is 5.69 Å². The van der Waals surface area contributed by atoms with Crippen molar-refractivity contribution in [2.75, 3.05) is 18.0 Å². The zero-order valence-electron chi connectivity index (χ0n) is 8.20. The van der Waals surface area contributed by atoms with Gasteiger partial charge in [-0.25, -0.2) is 4.98 Å². The lowest BCUT2D eigenvalue weighted by Crippen LogP contribution is -2.37. The number of pyridine rings is 1. The van der Waals surface area contributed by atoms with Crippen LogP contribution in [0.2, 0.25) is 0 Å². The van der Waals surface area contributed by atoms with Crippen molar-refractivity contribution in [2.24, 2.45) is 0 Å². The molecule has 0 aromatic carbocycles. The number of nitriles is 1. The fourth-order valence-corrected chi connectivity index (χ4v) is 1.95. The first kappa shape index (κ1) is 8.30. The fourth-order valence-electron chi connectivity index (χ4n) is 1.95. The Labute approximate surface area is 87.1 Å². The van der Waals surface area contributed by atoms with Gasteiger partial charge in [0.05, 0.1) is 16.6 Å². The van der Waals surface area contributed by atoms with E-state index in [2.05, 4.69) is 20.9 Å². The molecule has 3 heterocycles. The van der Waals surface area contributed by atoms with Crippen LogP contribution in [-0.4, -0.2) is 23.1 Å². The maximum atomic E-state index is 9.01. The van der Waals surface area contributed by atoms with Crippen molar-refractivity contribution in [2.45, 2.75) is 6.42 Å². The van der Waals surface area contributed by atoms with Crippen LogP contribution in [0.5, 0.6) is 0 Å². The van der Waals surface area contributed by atoms with E-state index >= 15 is 0 Å². The number of hydrogen-bond acceptors (Lipinski definition) is 3. The maximum Gasteiger partial charge on any atom is 0.140 e. The van der Waals surface area contributed by atoms with Gasteiger partial charge in [-0.3, -0.25) is 0 Å². The Balaban J connectivity index is 2.27. The van der Waals surface area contributed by atoms with E-state index in [0.29, 0.717) is 5.56 Å². The molecule has 0 aliphatic carbocycles. The van der Waals surface area contributed by atoms with Gasteiger partial charge in [0.15, 0.2) is 0 Å². The van der Waals surface area contributed by atoms with Gasteiger partial charge in [-0.2, -0.15) is 5.26 Å². The first-order valence-corrected chi connectivity index (χ1v) is 5.01. The van der Waals surface area contributed by atoms with Gasteiger partial charge in [0, 0.05) is 25.5 Å². The first-order valence-electron chi connectivity index (χ1n) is 5.01. The normalized spacial score (nSPS) is 15.0. The van der Waals surface area contributed by atoms with Gasteiger partial charge in [-0.05, 0) is 12.5 Å². The van der Waals surface area contributed by atoms with Gasteiger partial charge in [0.2, 0.25) is 0 Å². The summed E-state index contributed by atoms with van der Waals surface area (Å²) in [6.07, 6.45) is 4.74. The summed E-state index contributed by atoms with van der Waals surface area (Å²) < 4.78 is 0. The Morgan fingerprint density at radius 3 is 3.00 bits per heavy atom. The van der Waals surface area contributed by atoms with Crippen molar-refractivity contribution >= 4 is 16.7 Å². The zero-order chi connectivity index (χ0) is 10.3. The number of fused-ring (bicyclic) bond motifs is 1. The third-order valence-electron chi connectivity index (χ3n) is 2.87. The Hall–Kier alpha value is -2.02. The molecule has 0 radical (unpaired) electrons. The molecule has 1 aliphatic heterocycles. The van der Waals surface area contributed by atoms with Crippen LogP contribution in [0.1, 0.15) is 12.0 Å². The lowest BCUT2D eigenvalue weighted by molar-refractivity contribution is 0.619. The summed E-state index contributed by atoms with van der Waals surface area (Å²) in [5.41, 5.74) is 2.61. The number of H-pyrrole nitrogens is 1. The molecule has 0 unspecified atom stereocenters. The van der Waals surface area contributed by atoms with Crippen molar-refractivity contribution in [3.63, 3.8) is 0 Å². The van der Waals surface area contributed by atoms with E-state index in [4.69, 9.17) is 5.26 Å². The number of aromatic amines is 1. The molecule has 4 nitrogen and oxygen atoms in total. The lowest BCUT2D eigenvalue weighted by atomic mass is 10.1. The minimum Gasteiger partial charge on any atom is -0.371 e. The quantitative estimate of drug-likeness (QED) is 0.757. The summed E-state index contributed by atoms with van der Waals surface area (Å²) in [6, 6.07) is 4.18. The fraction of sp³-hybridized carbons (Fsp3) is 0.273. The average Bonchev–Trinajstić information content (AvgIpc) is 2.59. The molecule has 0 spiro atoms. The number of nitrogens with one attached hydrogen (secondary N) is 1. The van der Waals surface area contributed by atoms with Crippen LogP contribution in [0, 0.1) is 11.3 Å². The number of aromatic nitrogens is 2. The molecule has 2 aromatic heterocycles.